The van der Waals surface area contributed by atoms with Gasteiger partial charge in [0.25, 0.3) is 5.91 Å². The summed E-state index contributed by atoms with van der Waals surface area (Å²) in [7, 11) is 1.54. The van der Waals surface area contributed by atoms with Crippen molar-refractivity contribution >= 4 is 11.9 Å². The molecule has 0 saturated carbocycles. The van der Waals surface area contributed by atoms with Gasteiger partial charge in [-0.05, 0) is 24.6 Å². The van der Waals surface area contributed by atoms with Crippen LogP contribution >= 0.6 is 0 Å². The standard InChI is InChI=1S/C15H16N2O5/c1-9-7-13(17-22-9)15(20)16-12(8-14(18)19)10-3-5-11(21-2)6-4-10/h3-7,12H,8H2,1-2H3,(H,16,20)(H,18,19). The molecule has 1 atom stereocenters. The number of hydrogen-bond acceptors (Lipinski definition) is 5. The van der Waals surface area contributed by atoms with Crippen molar-refractivity contribution < 1.29 is 24.0 Å². The fraction of sp³-hybridized carbons (Fsp3) is 0.267. The number of aliphatic carboxylic acids is 1. The Kier molecular flexibility index (Phi) is 4.77. The lowest BCUT2D eigenvalue weighted by atomic mass is 10.0. The maximum absolute atomic E-state index is 12.1. The van der Waals surface area contributed by atoms with E-state index in [1.807, 2.05) is 0 Å². The fourth-order valence-electron chi connectivity index (χ4n) is 1.97. The lowest BCUT2D eigenvalue weighted by molar-refractivity contribution is -0.137. The fourth-order valence-corrected chi connectivity index (χ4v) is 1.97. The first-order chi connectivity index (χ1) is 10.5. The highest BCUT2D eigenvalue weighted by Gasteiger charge is 2.20. The summed E-state index contributed by atoms with van der Waals surface area (Å²) in [4.78, 5) is 23.1. The average molecular weight is 304 g/mol. The molecule has 1 heterocycles. The number of carboxylic acid groups (broad SMARTS) is 1. The molecule has 0 saturated heterocycles. The number of aryl methyl sites for hydroxylation is 1. The number of nitrogens with zero attached hydrogens (tertiary/aromatic N) is 1. The molecule has 0 aliphatic carbocycles. The molecule has 7 heteroatoms. The monoisotopic (exact) mass is 304 g/mol. The maximum Gasteiger partial charge on any atom is 0.305 e. The Labute approximate surface area is 126 Å². The summed E-state index contributed by atoms with van der Waals surface area (Å²) in [5.41, 5.74) is 0.776. The zero-order valence-electron chi connectivity index (χ0n) is 12.2. The largest absolute Gasteiger partial charge is 0.497 e. The second-order valence-corrected chi connectivity index (χ2v) is 4.72. The van der Waals surface area contributed by atoms with Crippen molar-refractivity contribution in [1.29, 1.82) is 0 Å². The van der Waals surface area contributed by atoms with Crippen LogP contribution in [0.5, 0.6) is 5.75 Å². The lowest BCUT2D eigenvalue weighted by Gasteiger charge is -2.17. The second-order valence-electron chi connectivity index (χ2n) is 4.72. The Balaban J connectivity index is 2.18. The third-order valence-corrected chi connectivity index (χ3v) is 3.06. The van der Waals surface area contributed by atoms with E-state index in [2.05, 4.69) is 10.5 Å². The number of nitrogens with one attached hydrogen (secondary N) is 1. The van der Waals surface area contributed by atoms with E-state index in [4.69, 9.17) is 14.4 Å². The topological polar surface area (TPSA) is 102 Å². The Morgan fingerprint density at radius 2 is 2.05 bits per heavy atom. The van der Waals surface area contributed by atoms with Crippen LogP contribution in [0.1, 0.15) is 34.3 Å². The smallest absolute Gasteiger partial charge is 0.305 e. The van der Waals surface area contributed by atoms with Gasteiger partial charge in [-0.15, -0.1) is 0 Å². The molecule has 2 rings (SSSR count). The third-order valence-electron chi connectivity index (χ3n) is 3.06. The van der Waals surface area contributed by atoms with Crippen molar-refractivity contribution in [2.24, 2.45) is 0 Å². The van der Waals surface area contributed by atoms with E-state index in [0.29, 0.717) is 17.1 Å². The van der Waals surface area contributed by atoms with Crippen LogP contribution in [0.15, 0.2) is 34.9 Å². The molecule has 1 unspecified atom stereocenters. The van der Waals surface area contributed by atoms with Crippen LogP contribution in [0.3, 0.4) is 0 Å². The van der Waals surface area contributed by atoms with Gasteiger partial charge < -0.3 is 19.7 Å². The van der Waals surface area contributed by atoms with Gasteiger partial charge in [-0.3, -0.25) is 9.59 Å². The summed E-state index contributed by atoms with van der Waals surface area (Å²) in [6, 6.07) is 7.64. The number of benzene rings is 1. The normalized spacial score (nSPS) is 11.7. The average Bonchev–Trinajstić information content (AvgIpc) is 2.93. The molecule has 0 aliphatic rings. The van der Waals surface area contributed by atoms with Gasteiger partial charge in [-0.2, -0.15) is 0 Å². The Morgan fingerprint density at radius 1 is 1.36 bits per heavy atom. The number of carbonyl (C=O) groups excluding carboxylic acids is 1. The Morgan fingerprint density at radius 3 is 2.55 bits per heavy atom. The third kappa shape index (κ3) is 3.85. The summed E-state index contributed by atoms with van der Waals surface area (Å²) < 4.78 is 9.90. The van der Waals surface area contributed by atoms with Gasteiger partial charge in [0.1, 0.15) is 11.5 Å². The molecule has 0 radical (unpaired) electrons. The first-order valence-electron chi connectivity index (χ1n) is 6.59. The van der Waals surface area contributed by atoms with Gasteiger partial charge >= 0.3 is 5.97 Å². The summed E-state index contributed by atoms with van der Waals surface area (Å²) in [5, 5.41) is 15.3. The number of hydrogen-bond donors (Lipinski definition) is 2. The van der Waals surface area contributed by atoms with E-state index in [0.717, 1.165) is 0 Å². The van der Waals surface area contributed by atoms with Crippen LogP contribution in [-0.4, -0.2) is 29.2 Å². The molecule has 0 spiro atoms. The minimum atomic E-state index is -1.02. The molecule has 1 amide bonds. The van der Waals surface area contributed by atoms with E-state index in [9.17, 15) is 9.59 Å². The van der Waals surface area contributed by atoms with Crippen LogP contribution in [0.4, 0.5) is 0 Å². The molecule has 2 N–H and O–H groups in total. The number of carboxylic acids is 1. The van der Waals surface area contributed by atoms with E-state index in [1.165, 1.54) is 6.07 Å². The van der Waals surface area contributed by atoms with Crippen LogP contribution in [-0.2, 0) is 4.79 Å². The van der Waals surface area contributed by atoms with Crippen molar-refractivity contribution in [3.63, 3.8) is 0 Å². The predicted molar refractivity (Wildman–Crippen MR) is 76.7 cm³/mol. The molecule has 0 aliphatic heterocycles. The van der Waals surface area contributed by atoms with Crippen LogP contribution in [0.2, 0.25) is 0 Å². The minimum Gasteiger partial charge on any atom is -0.497 e. The molecule has 0 fully saturated rings. The molecule has 0 bridgehead atoms. The van der Waals surface area contributed by atoms with Crippen LogP contribution in [0.25, 0.3) is 0 Å². The molecular weight excluding hydrogens is 288 g/mol. The zero-order chi connectivity index (χ0) is 16.1. The quantitative estimate of drug-likeness (QED) is 0.845. The SMILES string of the molecule is COc1ccc(C(CC(=O)O)NC(=O)c2cc(C)on2)cc1. The molecule has 1 aromatic heterocycles. The van der Waals surface area contributed by atoms with E-state index in [1.54, 1.807) is 38.3 Å². The predicted octanol–water partition coefficient (Wildman–Crippen LogP) is 1.94. The van der Waals surface area contributed by atoms with Gasteiger partial charge in [-0.1, -0.05) is 17.3 Å². The van der Waals surface area contributed by atoms with E-state index < -0.39 is 17.9 Å². The highest BCUT2D eigenvalue weighted by atomic mass is 16.5. The highest BCUT2D eigenvalue weighted by molar-refractivity contribution is 5.92. The van der Waals surface area contributed by atoms with Crippen LogP contribution in [0, 0.1) is 6.92 Å². The van der Waals surface area contributed by atoms with Gasteiger partial charge in [0.05, 0.1) is 19.6 Å². The Hall–Kier alpha value is -2.83. The highest BCUT2D eigenvalue weighted by Crippen LogP contribution is 2.21. The number of rotatable bonds is 6. The van der Waals surface area contributed by atoms with Crippen LogP contribution < -0.4 is 10.1 Å². The van der Waals surface area contributed by atoms with Crippen molar-refractivity contribution in [3.8, 4) is 5.75 Å². The molecule has 7 nitrogen and oxygen atoms in total. The summed E-state index contributed by atoms with van der Waals surface area (Å²) in [6.45, 7) is 1.67. The summed E-state index contributed by atoms with van der Waals surface area (Å²) in [6.07, 6.45) is -0.241. The van der Waals surface area contributed by atoms with Gasteiger partial charge in [0.2, 0.25) is 0 Å². The van der Waals surface area contributed by atoms with Crippen molar-refractivity contribution in [2.75, 3.05) is 7.11 Å². The summed E-state index contributed by atoms with van der Waals surface area (Å²) >= 11 is 0. The number of ether oxygens (including phenoxy) is 1. The Bertz CT molecular complexity index is 663. The first kappa shape index (κ1) is 15.6. The first-order valence-corrected chi connectivity index (χ1v) is 6.59. The zero-order valence-corrected chi connectivity index (χ0v) is 12.2. The number of aromatic nitrogens is 1. The second kappa shape index (κ2) is 6.75. The lowest BCUT2D eigenvalue weighted by Crippen LogP contribution is -2.30. The van der Waals surface area contributed by atoms with E-state index in [-0.39, 0.29) is 12.1 Å². The molecule has 116 valence electrons. The van der Waals surface area contributed by atoms with Crippen molar-refractivity contribution in [3.05, 3.63) is 47.3 Å². The van der Waals surface area contributed by atoms with Gasteiger partial charge in [-0.25, -0.2) is 0 Å². The van der Waals surface area contributed by atoms with Crippen molar-refractivity contribution in [2.45, 2.75) is 19.4 Å². The molecule has 2 aromatic rings. The summed E-state index contributed by atoms with van der Waals surface area (Å²) in [5.74, 6) is -0.350. The number of carbonyl (C=O) groups is 2. The minimum absolute atomic E-state index is 0.112. The van der Waals surface area contributed by atoms with Gasteiger partial charge in [0.15, 0.2) is 5.69 Å². The van der Waals surface area contributed by atoms with E-state index >= 15 is 0 Å². The molecule has 22 heavy (non-hydrogen) atoms. The molecule has 1 aromatic carbocycles. The molecular formula is C15H16N2O5. The number of amides is 1. The van der Waals surface area contributed by atoms with Crippen molar-refractivity contribution in [1.82, 2.24) is 10.5 Å². The number of methoxy groups -OCH3 is 1. The maximum atomic E-state index is 12.1. The van der Waals surface area contributed by atoms with Gasteiger partial charge in [0, 0.05) is 6.07 Å².